The number of rotatable bonds is 6. The maximum atomic E-state index is 12.3. The summed E-state index contributed by atoms with van der Waals surface area (Å²) in [6, 6.07) is 6.43. The number of nitrogens with one attached hydrogen (secondary N) is 2. The number of amides is 1. The minimum Gasteiger partial charge on any atom is -0.385 e. The lowest BCUT2D eigenvalue weighted by molar-refractivity contribution is 0.0950. The van der Waals surface area contributed by atoms with Crippen LogP contribution in [0.4, 0.5) is 5.69 Å². The molecule has 0 spiro atoms. The van der Waals surface area contributed by atoms with E-state index in [-0.39, 0.29) is 18.0 Å². The van der Waals surface area contributed by atoms with Gasteiger partial charge in [0.25, 0.3) is 11.5 Å². The molecule has 0 radical (unpaired) electrons. The predicted molar refractivity (Wildman–Crippen MR) is 126 cm³/mol. The van der Waals surface area contributed by atoms with Crippen molar-refractivity contribution in [2.45, 2.75) is 65.5 Å². The lowest BCUT2D eigenvalue weighted by Crippen LogP contribution is -2.29. The Morgan fingerprint density at radius 2 is 1.87 bits per heavy atom. The normalized spacial score (nSPS) is 14.2. The summed E-state index contributed by atoms with van der Waals surface area (Å²) in [5.41, 5.74) is 2.66. The second-order valence-corrected chi connectivity index (χ2v) is 8.38. The van der Waals surface area contributed by atoms with E-state index in [1.807, 2.05) is 26.0 Å². The molecular formula is C24H38N4O3. The SMILES string of the molecule is CCNc1cccc(C(=O)NCc2c(C)on(C)c2=O)c1C.CN(C)C1CCCCC1. The van der Waals surface area contributed by atoms with E-state index in [1.54, 1.807) is 20.0 Å². The molecule has 1 heterocycles. The van der Waals surface area contributed by atoms with Crippen LogP contribution in [0.5, 0.6) is 0 Å². The van der Waals surface area contributed by atoms with Gasteiger partial charge in [0.1, 0.15) is 5.76 Å². The smallest absolute Gasteiger partial charge is 0.287 e. The molecule has 1 aromatic carbocycles. The zero-order chi connectivity index (χ0) is 23.0. The van der Waals surface area contributed by atoms with Crippen molar-refractivity contribution >= 4 is 11.6 Å². The summed E-state index contributed by atoms with van der Waals surface area (Å²) in [7, 11) is 5.93. The highest BCUT2D eigenvalue weighted by molar-refractivity contribution is 5.97. The maximum absolute atomic E-state index is 12.3. The highest BCUT2D eigenvalue weighted by atomic mass is 16.5. The first-order valence-electron chi connectivity index (χ1n) is 11.2. The van der Waals surface area contributed by atoms with Crippen molar-refractivity contribution in [1.29, 1.82) is 0 Å². The van der Waals surface area contributed by atoms with Crippen LogP contribution in [0.2, 0.25) is 0 Å². The number of benzene rings is 1. The Morgan fingerprint density at radius 1 is 1.19 bits per heavy atom. The first-order valence-corrected chi connectivity index (χ1v) is 11.2. The lowest BCUT2D eigenvalue weighted by atomic mass is 9.95. The molecule has 0 saturated heterocycles. The van der Waals surface area contributed by atoms with E-state index < -0.39 is 0 Å². The second kappa shape index (κ2) is 11.7. The predicted octanol–water partition coefficient (Wildman–Crippen LogP) is 3.84. The molecule has 2 N–H and O–H groups in total. The summed E-state index contributed by atoms with van der Waals surface area (Å²) in [6.45, 7) is 6.55. The molecule has 1 aliphatic rings. The molecule has 0 unspecified atom stereocenters. The van der Waals surface area contributed by atoms with E-state index in [0.717, 1.165) is 28.6 Å². The summed E-state index contributed by atoms with van der Waals surface area (Å²) < 4.78 is 6.36. The molecule has 1 fully saturated rings. The Bertz CT molecular complexity index is 908. The van der Waals surface area contributed by atoms with Gasteiger partial charge in [-0.05, 0) is 65.4 Å². The maximum Gasteiger partial charge on any atom is 0.287 e. The monoisotopic (exact) mass is 430 g/mol. The van der Waals surface area contributed by atoms with Crippen molar-refractivity contribution in [3.8, 4) is 0 Å². The highest BCUT2D eigenvalue weighted by Gasteiger charge is 2.16. The molecule has 1 saturated carbocycles. The van der Waals surface area contributed by atoms with Crippen molar-refractivity contribution in [2.24, 2.45) is 7.05 Å². The van der Waals surface area contributed by atoms with Crippen LogP contribution in [-0.2, 0) is 13.6 Å². The van der Waals surface area contributed by atoms with Crippen LogP contribution < -0.4 is 16.2 Å². The number of carbonyl (C=O) groups excluding carboxylic acids is 1. The number of aromatic nitrogens is 1. The van der Waals surface area contributed by atoms with Crippen molar-refractivity contribution in [3.63, 3.8) is 0 Å². The van der Waals surface area contributed by atoms with Crippen LogP contribution in [0.25, 0.3) is 0 Å². The highest BCUT2D eigenvalue weighted by Crippen LogP contribution is 2.20. The van der Waals surface area contributed by atoms with Gasteiger partial charge in [0.15, 0.2) is 0 Å². The summed E-state index contributed by atoms with van der Waals surface area (Å²) in [5.74, 6) is 0.311. The second-order valence-electron chi connectivity index (χ2n) is 8.38. The van der Waals surface area contributed by atoms with Gasteiger partial charge in [-0.3, -0.25) is 9.59 Å². The fourth-order valence-electron chi connectivity index (χ4n) is 3.97. The number of hydrogen-bond acceptors (Lipinski definition) is 5. The third kappa shape index (κ3) is 6.72. The van der Waals surface area contributed by atoms with E-state index in [4.69, 9.17) is 4.52 Å². The molecular weight excluding hydrogens is 392 g/mol. The number of aryl methyl sites for hydroxylation is 2. The summed E-state index contributed by atoms with van der Waals surface area (Å²) >= 11 is 0. The molecule has 1 amide bonds. The number of nitrogens with zero attached hydrogens (tertiary/aromatic N) is 2. The lowest BCUT2D eigenvalue weighted by Gasteiger charge is -2.27. The molecule has 0 bridgehead atoms. The van der Waals surface area contributed by atoms with Crippen LogP contribution in [0.3, 0.4) is 0 Å². The minimum absolute atomic E-state index is 0.152. The Hall–Kier alpha value is -2.54. The van der Waals surface area contributed by atoms with E-state index >= 15 is 0 Å². The summed E-state index contributed by atoms with van der Waals surface area (Å²) in [4.78, 5) is 26.6. The number of anilines is 1. The van der Waals surface area contributed by atoms with Crippen molar-refractivity contribution in [1.82, 2.24) is 15.0 Å². The van der Waals surface area contributed by atoms with Gasteiger partial charge in [0.2, 0.25) is 0 Å². The fourth-order valence-corrected chi connectivity index (χ4v) is 3.97. The zero-order valence-corrected chi connectivity index (χ0v) is 19.9. The first-order chi connectivity index (χ1) is 14.8. The molecule has 1 aliphatic carbocycles. The quantitative estimate of drug-likeness (QED) is 0.728. The van der Waals surface area contributed by atoms with Gasteiger partial charge in [-0.25, -0.2) is 0 Å². The topological polar surface area (TPSA) is 79.5 Å². The standard InChI is InChI=1S/C16H21N3O3.C8H17N/c1-5-17-14-8-6-7-12(10(14)2)15(20)18-9-13-11(3)22-19(4)16(13)21;1-9(2)8-6-4-3-5-7-8/h6-8,17H,5,9H2,1-4H3,(H,18,20);8H,3-7H2,1-2H3. The largest absolute Gasteiger partial charge is 0.385 e. The van der Waals surface area contributed by atoms with Crippen LogP contribution >= 0.6 is 0 Å². The van der Waals surface area contributed by atoms with Crippen LogP contribution in [0, 0.1) is 13.8 Å². The van der Waals surface area contributed by atoms with E-state index in [1.165, 1.54) is 32.1 Å². The Labute approximate surface area is 185 Å². The average molecular weight is 431 g/mol. The van der Waals surface area contributed by atoms with Gasteiger partial charge in [-0.1, -0.05) is 25.3 Å². The van der Waals surface area contributed by atoms with Gasteiger partial charge in [0, 0.05) is 30.9 Å². The average Bonchev–Trinajstić information content (AvgIpc) is 3.00. The molecule has 3 rings (SSSR count). The minimum atomic E-state index is -0.226. The van der Waals surface area contributed by atoms with Crippen LogP contribution in [0.15, 0.2) is 27.5 Å². The van der Waals surface area contributed by atoms with Gasteiger partial charge in [0.05, 0.1) is 12.1 Å². The van der Waals surface area contributed by atoms with Gasteiger partial charge in [-0.15, -0.1) is 0 Å². The van der Waals surface area contributed by atoms with E-state index in [9.17, 15) is 9.59 Å². The van der Waals surface area contributed by atoms with E-state index in [2.05, 4.69) is 29.6 Å². The van der Waals surface area contributed by atoms with Gasteiger partial charge >= 0.3 is 0 Å². The third-order valence-corrected chi connectivity index (χ3v) is 5.92. The molecule has 172 valence electrons. The zero-order valence-electron chi connectivity index (χ0n) is 19.9. The third-order valence-electron chi connectivity index (χ3n) is 5.92. The molecule has 7 heteroatoms. The van der Waals surface area contributed by atoms with E-state index in [0.29, 0.717) is 16.9 Å². The summed E-state index contributed by atoms with van der Waals surface area (Å²) in [5, 5.41) is 6.00. The van der Waals surface area contributed by atoms with Crippen molar-refractivity contribution in [2.75, 3.05) is 26.0 Å². The van der Waals surface area contributed by atoms with Crippen molar-refractivity contribution < 1.29 is 9.32 Å². The van der Waals surface area contributed by atoms with Gasteiger partial charge in [-0.2, -0.15) is 4.74 Å². The number of hydrogen-bond donors (Lipinski definition) is 2. The Balaban J connectivity index is 0.000000316. The van der Waals surface area contributed by atoms with Gasteiger partial charge < -0.3 is 20.1 Å². The molecule has 0 atom stereocenters. The molecule has 31 heavy (non-hydrogen) atoms. The van der Waals surface area contributed by atoms with Crippen LogP contribution in [0.1, 0.15) is 66.3 Å². The summed E-state index contributed by atoms with van der Waals surface area (Å²) in [6.07, 6.45) is 7.20. The van der Waals surface area contributed by atoms with Crippen LogP contribution in [-0.4, -0.2) is 42.2 Å². The van der Waals surface area contributed by atoms with Crippen molar-refractivity contribution in [3.05, 3.63) is 51.0 Å². The molecule has 7 nitrogen and oxygen atoms in total. The first kappa shape index (κ1) is 24.7. The fraction of sp³-hybridized carbons (Fsp3) is 0.583. The molecule has 1 aromatic heterocycles. The molecule has 2 aromatic rings. The number of carbonyl (C=O) groups is 1. The molecule has 0 aliphatic heterocycles. The Morgan fingerprint density at radius 3 is 2.39 bits per heavy atom. The Kier molecular flexibility index (Phi) is 9.37.